The fraction of sp³-hybridized carbons (Fsp3) is 0.344. The normalized spacial score (nSPS) is 22.7. The maximum Gasteiger partial charge on any atom is 0.254 e. The lowest BCUT2D eigenvalue weighted by Crippen LogP contribution is -2.37. The van der Waals surface area contributed by atoms with Crippen molar-refractivity contribution in [3.63, 3.8) is 0 Å². The van der Waals surface area contributed by atoms with Crippen molar-refractivity contribution in [2.45, 2.75) is 46.1 Å². The molecule has 0 N–H and O–H groups in total. The molecule has 4 nitrogen and oxygen atoms in total. The van der Waals surface area contributed by atoms with Crippen LogP contribution in [0.4, 0.5) is 0 Å². The second-order valence-corrected chi connectivity index (χ2v) is 11.7. The minimum atomic E-state index is 0.103. The number of carbonyl (C=O) groups is 1. The molecule has 2 bridgehead atoms. The number of likely N-dealkylation sites (tertiary alicyclic amines) is 1. The number of para-hydroxylation sites is 1. The zero-order valence-corrected chi connectivity index (χ0v) is 21.5. The van der Waals surface area contributed by atoms with Gasteiger partial charge in [0.2, 0.25) is 0 Å². The highest BCUT2D eigenvalue weighted by Gasteiger charge is 2.51. The van der Waals surface area contributed by atoms with Crippen molar-refractivity contribution in [1.29, 1.82) is 0 Å². The molecule has 4 aromatic rings. The number of carbonyl (C=O) groups excluding carboxylic acids is 1. The number of benzene rings is 3. The Morgan fingerprint density at radius 1 is 0.972 bits per heavy atom. The Labute approximate surface area is 212 Å². The smallest absolute Gasteiger partial charge is 0.254 e. The van der Waals surface area contributed by atoms with E-state index in [4.69, 9.17) is 9.15 Å². The molecule has 0 unspecified atom stereocenters. The summed E-state index contributed by atoms with van der Waals surface area (Å²) in [6.45, 7) is 7.84. The second kappa shape index (κ2) is 8.26. The van der Waals surface area contributed by atoms with Gasteiger partial charge in [0, 0.05) is 40.2 Å². The number of amides is 1. The molecule has 6 rings (SSSR count). The van der Waals surface area contributed by atoms with Crippen molar-refractivity contribution < 1.29 is 13.9 Å². The molecule has 1 aromatic heterocycles. The van der Waals surface area contributed by atoms with Gasteiger partial charge < -0.3 is 14.1 Å². The van der Waals surface area contributed by atoms with E-state index in [1.54, 1.807) is 7.11 Å². The van der Waals surface area contributed by atoms with Gasteiger partial charge in [0.05, 0.1) is 7.11 Å². The number of ether oxygens (including phenoxy) is 1. The van der Waals surface area contributed by atoms with Crippen LogP contribution in [-0.2, 0) is 0 Å². The van der Waals surface area contributed by atoms with Gasteiger partial charge in [-0.15, -0.1) is 0 Å². The first-order valence-corrected chi connectivity index (χ1v) is 12.8. The lowest BCUT2D eigenvalue weighted by atomic mass is 9.65. The van der Waals surface area contributed by atoms with Crippen LogP contribution in [0.25, 0.3) is 33.4 Å². The first-order valence-electron chi connectivity index (χ1n) is 12.8. The highest BCUT2D eigenvalue weighted by molar-refractivity contribution is 6.04. The SMILES string of the molecule is COc1cc(C(=O)N2C[C@]3(C)C[C@H]2CC(C)(C)C3)ccc1-c1c(-c2ccccc2)oc2ccccc12. The Hall–Kier alpha value is -3.53. The molecule has 1 saturated carbocycles. The van der Waals surface area contributed by atoms with Crippen LogP contribution in [0.5, 0.6) is 5.75 Å². The summed E-state index contributed by atoms with van der Waals surface area (Å²) in [4.78, 5) is 15.9. The van der Waals surface area contributed by atoms with Gasteiger partial charge >= 0.3 is 0 Å². The van der Waals surface area contributed by atoms with Crippen LogP contribution in [-0.4, -0.2) is 30.5 Å². The standard InChI is InChI=1S/C32H33NO3/c1-31(2)17-23-18-32(3,19-31)20-33(23)30(34)22-14-15-25(27(16-22)35-4)28-24-12-8-9-13-26(24)36-29(28)21-10-6-5-7-11-21/h5-16,23H,17-20H2,1-4H3/t23-,32-/m1/s1. The number of fused-ring (bicyclic) bond motifs is 3. The van der Waals surface area contributed by atoms with E-state index in [9.17, 15) is 4.79 Å². The zero-order valence-electron chi connectivity index (χ0n) is 21.5. The van der Waals surface area contributed by atoms with Crippen molar-refractivity contribution in [1.82, 2.24) is 4.90 Å². The van der Waals surface area contributed by atoms with Gasteiger partial charge in [-0.25, -0.2) is 0 Å². The van der Waals surface area contributed by atoms with E-state index in [1.165, 1.54) is 6.42 Å². The molecular formula is C32H33NO3. The fourth-order valence-electron chi connectivity index (χ4n) is 7.00. The molecule has 2 atom stereocenters. The van der Waals surface area contributed by atoms with Gasteiger partial charge in [0.1, 0.15) is 17.1 Å². The minimum Gasteiger partial charge on any atom is -0.496 e. The first kappa shape index (κ1) is 22.9. The lowest BCUT2D eigenvalue weighted by molar-refractivity contribution is 0.0708. The van der Waals surface area contributed by atoms with Crippen LogP contribution in [0.15, 0.2) is 77.2 Å². The largest absolute Gasteiger partial charge is 0.496 e. The molecule has 3 aromatic carbocycles. The average molecular weight is 480 g/mol. The number of methoxy groups -OCH3 is 1. The van der Waals surface area contributed by atoms with E-state index in [0.717, 1.165) is 52.8 Å². The molecule has 0 radical (unpaired) electrons. The molecule has 4 heteroatoms. The summed E-state index contributed by atoms with van der Waals surface area (Å²) in [5, 5.41) is 1.03. The molecule has 1 saturated heterocycles. The van der Waals surface area contributed by atoms with Crippen LogP contribution in [0.3, 0.4) is 0 Å². The van der Waals surface area contributed by atoms with E-state index in [2.05, 4.69) is 43.9 Å². The number of nitrogens with zero attached hydrogens (tertiary/aromatic N) is 1. The predicted octanol–water partition coefficient (Wildman–Crippen LogP) is 7.82. The van der Waals surface area contributed by atoms with Crippen molar-refractivity contribution in [2.24, 2.45) is 10.8 Å². The highest BCUT2D eigenvalue weighted by Crippen LogP contribution is 2.53. The molecule has 1 aliphatic heterocycles. The van der Waals surface area contributed by atoms with E-state index in [0.29, 0.717) is 17.4 Å². The Bertz CT molecular complexity index is 1450. The van der Waals surface area contributed by atoms with Gasteiger partial charge in [-0.1, -0.05) is 69.3 Å². The molecule has 1 aliphatic carbocycles. The van der Waals surface area contributed by atoms with Gasteiger partial charge in [0.25, 0.3) is 5.91 Å². The summed E-state index contributed by atoms with van der Waals surface area (Å²) in [6, 6.07) is 24.4. The van der Waals surface area contributed by atoms with Crippen LogP contribution < -0.4 is 4.74 Å². The Balaban J connectivity index is 1.42. The molecule has 1 amide bonds. The maximum absolute atomic E-state index is 13.8. The summed E-state index contributed by atoms with van der Waals surface area (Å²) in [7, 11) is 1.67. The molecule has 184 valence electrons. The van der Waals surface area contributed by atoms with E-state index in [-0.39, 0.29) is 16.7 Å². The fourth-order valence-corrected chi connectivity index (χ4v) is 7.00. The van der Waals surface area contributed by atoms with E-state index >= 15 is 0 Å². The lowest BCUT2D eigenvalue weighted by Gasteiger charge is -2.39. The van der Waals surface area contributed by atoms with Crippen LogP contribution >= 0.6 is 0 Å². The third kappa shape index (κ3) is 3.80. The molecule has 0 spiro atoms. The highest BCUT2D eigenvalue weighted by atomic mass is 16.5. The minimum absolute atomic E-state index is 0.103. The van der Waals surface area contributed by atoms with E-state index in [1.807, 2.05) is 54.6 Å². The summed E-state index contributed by atoms with van der Waals surface area (Å²) in [6.07, 6.45) is 3.32. The number of hydrogen-bond acceptors (Lipinski definition) is 3. The zero-order chi connectivity index (χ0) is 25.1. The molecule has 2 aliphatic rings. The van der Waals surface area contributed by atoms with Crippen LogP contribution in [0.2, 0.25) is 0 Å². The topological polar surface area (TPSA) is 42.7 Å². The molecule has 2 heterocycles. The van der Waals surface area contributed by atoms with Crippen molar-refractivity contribution >= 4 is 16.9 Å². The summed E-state index contributed by atoms with van der Waals surface area (Å²) < 4.78 is 12.2. The third-order valence-corrected chi connectivity index (χ3v) is 8.02. The Morgan fingerprint density at radius 2 is 1.72 bits per heavy atom. The third-order valence-electron chi connectivity index (χ3n) is 8.02. The maximum atomic E-state index is 13.8. The predicted molar refractivity (Wildman–Crippen MR) is 144 cm³/mol. The monoisotopic (exact) mass is 479 g/mol. The quantitative estimate of drug-likeness (QED) is 0.300. The molecule has 2 fully saturated rings. The Kier molecular flexibility index (Phi) is 5.26. The summed E-state index contributed by atoms with van der Waals surface area (Å²) >= 11 is 0. The van der Waals surface area contributed by atoms with Gasteiger partial charge in [-0.05, 0) is 54.4 Å². The van der Waals surface area contributed by atoms with Gasteiger partial charge in [0.15, 0.2) is 0 Å². The van der Waals surface area contributed by atoms with Crippen molar-refractivity contribution in [2.75, 3.05) is 13.7 Å². The average Bonchev–Trinajstić information content (AvgIpc) is 3.37. The first-order chi connectivity index (χ1) is 17.3. The van der Waals surface area contributed by atoms with Crippen LogP contribution in [0, 0.1) is 10.8 Å². The number of furan rings is 1. The second-order valence-electron chi connectivity index (χ2n) is 11.7. The molecular weight excluding hydrogens is 446 g/mol. The van der Waals surface area contributed by atoms with Crippen LogP contribution in [0.1, 0.15) is 50.4 Å². The number of rotatable bonds is 4. The van der Waals surface area contributed by atoms with Gasteiger partial charge in [-0.3, -0.25) is 4.79 Å². The molecule has 36 heavy (non-hydrogen) atoms. The van der Waals surface area contributed by atoms with E-state index < -0.39 is 0 Å². The van der Waals surface area contributed by atoms with Crippen molar-refractivity contribution in [3.8, 4) is 28.2 Å². The number of hydrogen-bond donors (Lipinski definition) is 0. The Morgan fingerprint density at radius 3 is 2.50 bits per heavy atom. The summed E-state index contributed by atoms with van der Waals surface area (Å²) in [5.41, 5.74) is 4.89. The van der Waals surface area contributed by atoms with Gasteiger partial charge in [-0.2, -0.15) is 0 Å². The van der Waals surface area contributed by atoms with Crippen molar-refractivity contribution in [3.05, 3.63) is 78.4 Å². The summed E-state index contributed by atoms with van der Waals surface area (Å²) in [5.74, 6) is 1.59.